The van der Waals surface area contributed by atoms with Crippen LogP contribution in [0.25, 0.3) is 0 Å². The fourth-order valence-corrected chi connectivity index (χ4v) is 3.86. The molecule has 3 heterocycles. The van der Waals surface area contributed by atoms with E-state index in [1.807, 2.05) is 0 Å². The van der Waals surface area contributed by atoms with Gasteiger partial charge in [-0.3, -0.25) is 14.5 Å². The number of carbonyl (C=O) groups excluding carboxylic acids is 1. The predicted octanol–water partition coefficient (Wildman–Crippen LogP) is 2.03. The Morgan fingerprint density at radius 2 is 2.18 bits per heavy atom. The Kier molecular flexibility index (Phi) is 3.92. The van der Waals surface area contributed by atoms with Crippen molar-refractivity contribution in [3.63, 3.8) is 0 Å². The van der Waals surface area contributed by atoms with E-state index in [1.54, 1.807) is 5.06 Å². The number of hydroxylamine groups is 2. The Hall–Kier alpha value is -1.33. The second-order valence-electron chi connectivity index (χ2n) is 6.92. The minimum atomic E-state index is 0.159. The summed E-state index contributed by atoms with van der Waals surface area (Å²) in [7, 11) is 0. The van der Waals surface area contributed by atoms with Gasteiger partial charge in [0.15, 0.2) is 0 Å². The molecule has 0 radical (unpaired) electrons. The second-order valence-corrected chi connectivity index (χ2v) is 6.92. The molecule has 1 aliphatic carbocycles. The Bertz CT molecular complexity index is 532. The third-order valence-electron chi connectivity index (χ3n) is 5.32. The lowest BCUT2D eigenvalue weighted by molar-refractivity contribution is -0.170. The molecule has 1 unspecified atom stereocenters. The molecule has 3 aliphatic rings. The number of rotatable bonds is 3. The molecule has 2 aliphatic heterocycles. The minimum absolute atomic E-state index is 0.159. The average Bonchev–Trinajstić information content (AvgIpc) is 3.07. The van der Waals surface area contributed by atoms with Gasteiger partial charge >= 0.3 is 0 Å². The van der Waals surface area contributed by atoms with Crippen molar-refractivity contribution in [3.8, 4) is 0 Å². The van der Waals surface area contributed by atoms with E-state index in [1.165, 1.54) is 25.0 Å². The summed E-state index contributed by atoms with van der Waals surface area (Å²) in [6, 6.07) is 5.07. The van der Waals surface area contributed by atoms with Gasteiger partial charge in [0.2, 0.25) is 5.91 Å². The zero-order chi connectivity index (χ0) is 14.9. The van der Waals surface area contributed by atoms with Gasteiger partial charge in [-0.2, -0.15) is 0 Å². The van der Waals surface area contributed by atoms with Gasteiger partial charge in [0.05, 0.1) is 13.2 Å². The normalized spacial score (nSPS) is 26.5. The Morgan fingerprint density at radius 3 is 2.91 bits per heavy atom. The molecule has 120 valence electrons. The SMILES string of the molecule is O=C(CC1CN(C2CCC2)Cc2cccn2C1)N1CCCO1. The standard InChI is InChI=1S/C17H25N3O2/c21-17(20-8-3-9-22-20)10-14-11-18-7-2-6-16(18)13-19(12-14)15-4-1-5-15/h2,6-7,14-15H,1,3-5,8-13H2. The number of aromatic nitrogens is 1. The molecule has 2 fully saturated rings. The minimum Gasteiger partial charge on any atom is -0.350 e. The monoisotopic (exact) mass is 303 g/mol. The highest BCUT2D eigenvalue weighted by molar-refractivity contribution is 5.75. The number of amides is 1. The van der Waals surface area contributed by atoms with Gasteiger partial charge in [-0.05, 0) is 37.3 Å². The molecule has 5 nitrogen and oxygen atoms in total. The first-order valence-corrected chi connectivity index (χ1v) is 8.61. The lowest BCUT2D eigenvalue weighted by Crippen LogP contribution is -2.42. The Balaban J connectivity index is 1.47. The maximum Gasteiger partial charge on any atom is 0.246 e. The lowest BCUT2D eigenvalue weighted by atomic mass is 9.90. The van der Waals surface area contributed by atoms with E-state index in [0.29, 0.717) is 18.9 Å². The van der Waals surface area contributed by atoms with Gasteiger partial charge in [-0.25, -0.2) is 5.06 Å². The number of fused-ring (bicyclic) bond motifs is 1. The molecule has 1 saturated heterocycles. The molecule has 5 heteroatoms. The highest BCUT2D eigenvalue weighted by atomic mass is 16.7. The molecule has 1 saturated carbocycles. The van der Waals surface area contributed by atoms with Gasteiger partial charge in [-0.15, -0.1) is 0 Å². The van der Waals surface area contributed by atoms with Crippen molar-refractivity contribution in [1.29, 1.82) is 0 Å². The molecule has 0 aromatic carbocycles. The van der Waals surface area contributed by atoms with Crippen molar-refractivity contribution in [1.82, 2.24) is 14.5 Å². The quantitative estimate of drug-likeness (QED) is 0.857. The molecule has 4 rings (SSSR count). The van der Waals surface area contributed by atoms with Gasteiger partial charge in [0.25, 0.3) is 0 Å². The van der Waals surface area contributed by atoms with E-state index >= 15 is 0 Å². The van der Waals surface area contributed by atoms with Crippen LogP contribution in [-0.4, -0.2) is 46.2 Å². The molecular formula is C17H25N3O2. The summed E-state index contributed by atoms with van der Waals surface area (Å²) in [6.45, 7) is 4.46. The maximum atomic E-state index is 12.4. The van der Waals surface area contributed by atoms with Gasteiger partial charge in [-0.1, -0.05) is 6.42 Å². The van der Waals surface area contributed by atoms with Crippen LogP contribution < -0.4 is 0 Å². The highest BCUT2D eigenvalue weighted by Gasteiger charge is 2.32. The van der Waals surface area contributed by atoms with E-state index in [2.05, 4.69) is 27.8 Å². The van der Waals surface area contributed by atoms with Crippen molar-refractivity contribution >= 4 is 5.91 Å². The van der Waals surface area contributed by atoms with Crippen LogP contribution in [0.2, 0.25) is 0 Å². The van der Waals surface area contributed by atoms with Crippen molar-refractivity contribution in [3.05, 3.63) is 24.0 Å². The molecule has 1 aromatic rings. The van der Waals surface area contributed by atoms with Crippen LogP contribution >= 0.6 is 0 Å². The zero-order valence-corrected chi connectivity index (χ0v) is 13.1. The smallest absolute Gasteiger partial charge is 0.246 e. The lowest BCUT2D eigenvalue weighted by Gasteiger charge is -2.38. The first-order chi connectivity index (χ1) is 10.8. The summed E-state index contributed by atoms with van der Waals surface area (Å²) < 4.78 is 2.33. The molecule has 1 atom stereocenters. The van der Waals surface area contributed by atoms with E-state index in [9.17, 15) is 4.79 Å². The zero-order valence-electron chi connectivity index (χ0n) is 13.1. The number of nitrogens with zero attached hydrogens (tertiary/aromatic N) is 3. The molecular weight excluding hydrogens is 278 g/mol. The third kappa shape index (κ3) is 2.79. The molecule has 1 aromatic heterocycles. The van der Waals surface area contributed by atoms with E-state index in [-0.39, 0.29) is 5.91 Å². The van der Waals surface area contributed by atoms with Crippen LogP contribution in [0, 0.1) is 5.92 Å². The highest BCUT2D eigenvalue weighted by Crippen LogP contribution is 2.30. The van der Waals surface area contributed by atoms with Crippen LogP contribution in [-0.2, 0) is 22.7 Å². The first kappa shape index (κ1) is 14.3. The van der Waals surface area contributed by atoms with Crippen LogP contribution in [0.15, 0.2) is 18.3 Å². The Morgan fingerprint density at radius 1 is 1.27 bits per heavy atom. The summed E-state index contributed by atoms with van der Waals surface area (Å²) in [5.74, 6) is 0.539. The third-order valence-corrected chi connectivity index (χ3v) is 5.32. The average molecular weight is 303 g/mol. The van der Waals surface area contributed by atoms with Gasteiger partial charge in [0, 0.05) is 44.0 Å². The molecule has 0 spiro atoms. The summed E-state index contributed by atoms with van der Waals surface area (Å²) in [5, 5.41) is 1.58. The van der Waals surface area contributed by atoms with Gasteiger partial charge in [0.1, 0.15) is 0 Å². The van der Waals surface area contributed by atoms with Crippen molar-refractivity contribution in [2.45, 2.75) is 51.2 Å². The van der Waals surface area contributed by atoms with Crippen molar-refractivity contribution < 1.29 is 9.63 Å². The largest absolute Gasteiger partial charge is 0.350 e. The maximum absolute atomic E-state index is 12.4. The summed E-state index contributed by atoms with van der Waals surface area (Å²) in [4.78, 5) is 20.4. The molecule has 0 bridgehead atoms. The fraction of sp³-hybridized carbons (Fsp3) is 0.706. The van der Waals surface area contributed by atoms with Crippen LogP contribution in [0.5, 0.6) is 0 Å². The fourth-order valence-electron chi connectivity index (χ4n) is 3.86. The Labute approximate surface area is 131 Å². The first-order valence-electron chi connectivity index (χ1n) is 8.61. The molecule has 1 amide bonds. The van der Waals surface area contributed by atoms with Crippen molar-refractivity contribution in [2.24, 2.45) is 5.92 Å². The van der Waals surface area contributed by atoms with E-state index < -0.39 is 0 Å². The predicted molar refractivity (Wildman–Crippen MR) is 82.9 cm³/mol. The van der Waals surface area contributed by atoms with Crippen molar-refractivity contribution in [2.75, 3.05) is 19.7 Å². The van der Waals surface area contributed by atoms with Crippen LogP contribution in [0.1, 0.15) is 37.8 Å². The summed E-state index contributed by atoms with van der Waals surface area (Å²) in [5.41, 5.74) is 1.39. The topological polar surface area (TPSA) is 37.7 Å². The molecule has 0 N–H and O–H groups in total. The number of hydrogen-bond donors (Lipinski definition) is 0. The number of carbonyl (C=O) groups is 1. The second kappa shape index (κ2) is 6.05. The van der Waals surface area contributed by atoms with Gasteiger partial charge < -0.3 is 4.57 Å². The summed E-state index contributed by atoms with van der Waals surface area (Å²) >= 11 is 0. The molecule has 22 heavy (non-hydrogen) atoms. The number of hydrogen-bond acceptors (Lipinski definition) is 3. The van der Waals surface area contributed by atoms with E-state index in [4.69, 9.17) is 4.84 Å². The van der Waals surface area contributed by atoms with Crippen LogP contribution in [0.3, 0.4) is 0 Å². The summed E-state index contributed by atoms with van der Waals surface area (Å²) in [6.07, 6.45) is 7.71. The van der Waals surface area contributed by atoms with E-state index in [0.717, 1.165) is 38.6 Å². The van der Waals surface area contributed by atoms with Crippen LogP contribution in [0.4, 0.5) is 0 Å².